The summed E-state index contributed by atoms with van der Waals surface area (Å²) in [6.45, 7) is 0.645. The van der Waals surface area contributed by atoms with Crippen LogP contribution in [0.25, 0.3) is 0 Å². The second-order valence-electron chi connectivity index (χ2n) is 3.98. The predicted molar refractivity (Wildman–Crippen MR) is 83.8 cm³/mol. The molecule has 0 fully saturated rings. The Hall–Kier alpha value is -1.20. The van der Waals surface area contributed by atoms with Gasteiger partial charge in [0.2, 0.25) is 0 Å². The molecule has 0 amide bonds. The first kappa shape index (κ1) is 14.2. The van der Waals surface area contributed by atoms with Crippen LogP contribution in [-0.4, -0.2) is 12.2 Å². The van der Waals surface area contributed by atoms with Crippen LogP contribution < -0.4 is 10.1 Å². The molecule has 0 saturated carbocycles. The van der Waals surface area contributed by atoms with Gasteiger partial charge in [-0.3, -0.25) is 0 Å². The molecule has 3 nitrogen and oxygen atoms in total. The van der Waals surface area contributed by atoms with Gasteiger partial charge in [-0.25, -0.2) is 0 Å². The molecule has 0 radical (unpaired) electrons. The smallest absolute Gasteiger partial charge is 0.142 e. The van der Waals surface area contributed by atoms with Crippen LogP contribution in [0.15, 0.2) is 45.3 Å². The van der Waals surface area contributed by atoms with E-state index in [1.165, 1.54) is 0 Å². The number of hydrogen-bond donors (Lipinski definition) is 2. The van der Waals surface area contributed by atoms with Crippen LogP contribution >= 0.6 is 31.9 Å². The van der Waals surface area contributed by atoms with Crippen molar-refractivity contribution in [3.8, 4) is 11.5 Å². The van der Waals surface area contributed by atoms with Crippen LogP contribution in [0.4, 0.5) is 5.69 Å². The highest BCUT2D eigenvalue weighted by atomic mass is 79.9. The number of methoxy groups -OCH3 is 1. The van der Waals surface area contributed by atoms with Crippen molar-refractivity contribution in [1.82, 2.24) is 0 Å². The summed E-state index contributed by atoms with van der Waals surface area (Å²) in [5.74, 6) is 1.03. The van der Waals surface area contributed by atoms with Gasteiger partial charge in [-0.1, -0.05) is 22.0 Å². The Morgan fingerprint density at radius 3 is 2.63 bits per heavy atom. The van der Waals surface area contributed by atoms with Gasteiger partial charge in [-0.2, -0.15) is 0 Å². The number of hydrogen-bond acceptors (Lipinski definition) is 3. The summed E-state index contributed by atoms with van der Waals surface area (Å²) in [7, 11) is 1.64. The fraction of sp³-hybridized carbons (Fsp3) is 0.143. The van der Waals surface area contributed by atoms with Crippen LogP contribution in [0.3, 0.4) is 0 Å². The lowest BCUT2D eigenvalue weighted by molar-refractivity contribution is 0.416. The second kappa shape index (κ2) is 6.30. The highest BCUT2D eigenvalue weighted by molar-refractivity contribution is 9.10. The Morgan fingerprint density at radius 2 is 1.95 bits per heavy atom. The maximum absolute atomic E-state index is 9.45. The number of aromatic hydroxyl groups is 1. The number of halogens is 2. The zero-order valence-electron chi connectivity index (χ0n) is 10.3. The number of anilines is 1. The van der Waals surface area contributed by atoms with E-state index in [0.717, 1.165) is 21.5 Å². The lowest BCUT2D eigenvalue weighted by Crippen LogP contribution is -2.01. The summed E-state index contributed by atoms with van der Waals surface area (Å²) >= 11 is 6.74. The van der Waals surface area contributed by atoms with Crippen molar-refractivity contribution in [2.45, 2.75) is 6.54 Å². The van der Waals surface area contributed by atoms with Crippen molar-refractivity contribution < 1.29 is 9.84 Å². The topological polar surface area (TPSA) is 41.5 Å². The molecule has 2 aromatic rings. The van der Waals surface area contributed by atoms with Gasteiger partial charge in [-0.05, 0) is 51.8 Å². The van der Waals surface area contributed by atoms with Gasteiger partial charge in [0.25, 0.3) is 0 Å². The molecule has 2 N–H and O–H groups in total. The summed E-state index contributed by atoms with van der Waals surface area (Å²) in [5.41, 5.74) is 1.98. The quantitative estimate of drug-likeness (QED) is 0.810. The summed E-state index contributed by atoms with van der Waals surface area (Å²) < 4.78 is 6.98. The van der Waals surface area contributed by atoms with E-state index in [2.05, 4.69) is 37.2 Å². The maximum Gasteiger partial charge on any atom is 0.142 e. The van der Waals surface area contributed by atoms with Gasteiger partial charge in [0.15, 0.2) is 0 Å². The van der Waals surface area contributed by atoms with Crippen molar-refractivity contribution in [1.29, 1.82) is 0 Å². The van der Waals surface area contributed by atoms with Crippen molar-refractivity contribution in [3.05, 3.63) is 50.9 Å². The van der Waals surface area contributed by atoms with Gasteiger partial charge >= 0.3 is 0 Å². The molecule has 0 heterocycles. The number of ether oxygens (including phenoxy) is 1. The fourth-order valence-corrected chi connectivity index (χ4v) is 2.46. The minimum atomic E-state index is 0.240. The van der Waals surface area contributed by atoms with E-state index in [1.54, 1.807) is 13.2 Å². The lowest BCUT2D eigenvalue weighted by atomic mass is 10.2. The molecular formula is C14H13Br2NO2. The van der Waals surface area contributed by atoms with E-state index < -0.39 is 0 Å². The van der Waals surface area contributed by atoms with E-state index in [-0.39, 0.29) is 5.75 Å². The first-order valence-electron chi connectivity index (χ1n) is 5.65. The van der Waals surface area contributed by atoms with Gasteiger partial charge in [0, 0.05) is 11.0 Å². The van der Waals surface area contributed by atoms with Gasteiger partial charge in [0.05, 0.1) is 17.3 Å². The summed E-state index contributed by atoms with van der Waals surface area (Å²) in [4.78, 5) is 0. The van der Waals surface area contributed by atoms with Crippen molar-refractivity contribution in [3.63, 3.8) is 0 Å². The molecule has 0 aliphatic carbocycles. The van der Waals surface area contributed by atoms with Crippen LogP contribution in [-0.2, 0) is 6.54 Å². The minimum Gasteiger partial charge on any atom is -0.507 e. The molecular weight excluding hydrogens is 374 g/mol. The Morgan fingerprint density at radius 1 is 1.16 bits per heavy atom. The van der Waals surface area contributed by atoms with Crippen molar-refractivity contribution in [2.75, 3.05) is 12.4 Å². The Kier molecular flexibility index (Phi) is 4.71. The molecule has 2 aromatic carbocycles. The van der Waals surface area contributed by atoms with Gasteiger partial charge < -0.3 is 15.2 Å². The molecule has 0 aromatic heterocycles. The highest BCUT2D eigenvalue weighted by Gasteiger charge is 2.04. The number of phenols is 1. The average Bonchev–Trinajstić information content (AvgIpc) is 2.40. The zero-order chi connectivity index (χ0) is 13.8. The molecule has 0 aliphatic heterocycles. The molecule has 0 bridgehead atoms. The Bertz CT molecular complexity index is 588. The standard InChI is InChI=1S/C14H13Br2NO2/c1-19-14-5-3-10(15)7-12(14)17-8-9-2-4-13(18)11(16)6-9/h2-7,17-18H,8H2,1H3. The number of phenolic OH excluding ortho intramolecular Hbond substituents is 1. The number of benzene rings is 2. The SMILES string of the molecule is COc1ccc(Br)cc1NCc1ccc(O)c(Br)c1. The van der Waals surface area contributed by atoms with E-state index in [9.17, 15) is 5.11 Å². The molecule has 100 valence electrons. The predicted octanol–water partition coefficient (Wildman–Crippen LogP) is 4.54. The van der Waals surface area contributed by atoms with Crippen LogP contribution in [0.1, 0.15) is 5.56 Å². The van der Waals surface area contributed by atoms with Crippen molar-refractivity contribution >= 4 is 37.5 Å². The van der Waals surface area contributed by atoms with E-state index in [1.807, 2.05) is 30.3 Å². The molecule has 19 heavy (non-hydrogen) atoms. The molecule has 0 unspecified atom stereocenters. The Labute approximate surface area is 128 Å². The van der Waals surface area contributed by atoms with Crippen LogP contribution in [0, 0.1) is 0 Å². The van der Waals surface area contributed by atoms with Crippen LogP contribution in [0.2, 0.25) is 0 Å². The minimum absolute atomic E-state index is 0.240. The Balaban J connectivity index is 2.13. The van der Waals surface area contributed by atoms with Crippen molar-refractivity contribution in [2.24, 2.45) is 0 Å². The normalized spacial score (nSPS) is 10.3. The van der Waals surface area contributed by atoms with Gasteiger partial charge in [-0.15, -0.1) is 0 Å². The van der Waals surface area contributed by atoms with Gasteiger partial charge in [0.1, 0.15) is 11.5 Å². The summed E-state index contributed by atoms with van der Waals surface area (Å²) in [6, 6.07) is 11.2. The first-order chi connectivity index (χ1) is 9.10. The number of nitrogens with one attached hydrogen (secondary N) is 1. The fourth-order valence-electron chi connectivity index (χ4n) is 1.68. The number of rotatable bonds is 4. The monoisotopic (exact) mass is 385 g/mol. The molecule has 0 atom stereocenters. The third kappa shape index (κ3) is 3.64. The summed E-state index contributed by atoms with van der Waals surface area (Å²) in [5, 5.41) is 12.8. The third-order valence-electron chi connectivity index (χ3n) is 2.66. The zero-order valence-corrected chi connectivity index (χ0v) is 13.5. The largest absolute Gasteiger partial charge is 0.507 e. The molecule has 0 spiro atoms. The van der Waals surface area contributed by atoms with Crippen LogP contribution in [0.5, 0.6) is 11.5 Å². The summed E-state index contributed by atoms with van der Waals surface area (Å²) in [6.07, 6.45) is 0. The molecule has 0 aliphatic rings. The maximum atomic E-state index is 9.45. The molecule has 5 heteroatoms. The van der Waals surface area contributed by atoms with E-state index in [0.29, 0.717) is 11.0 Å². The van der Waals surface area contributed by atoms with E-state index >= 15 is 0 Å². The van der Waals surface area contributed by atoms with E-state index in [4.69, 9.17) is 4.74 Å². The third-order valence-corrected chi connectivity index (χ3v) is 3.78. The average molecular weight is 387 g/mol. The highest BCUT2D eigenvalue weighted by Crippen LogP contribution is 2.29. The lowest BCUT2D eigenvalue weighted by Gasteiger charge is -2.12. The molecule has 0 saturated heterocycles. The second-order valence-corrected chi connectivity index (χ2v) is 5.75. The first-order valence-corrected chi connectivity index (χ1v) is 7.23. The molecule has 2 rings (SSSR count).